The lowest BCUT2D eigenvalue weighted by Crippen LogP contribution is -2.55. The summed E-state index contributed by atoms with van der Waals surface area (Å²) in [6, 6.07) is 0. The van der Waals surface area contributed by atoms with Crippen LogP contribution in [0.1, 0.15) is 59.8 Å². The third-order valence-electron chi connectivity index (χ3n) is 8.27. The van der Waals surface area contributed by atoms with Crippen LogP contribution in [-0.4, -0.2) is 18.9 Å². The highest BCUT2D eigenvalue weighted by Crippen LogP contribution is 2.66. The molecule has 0 saturated heterocycles. The van der Waals surface area contributed by atoms with Gasteiger partial charge in [-0.2, -0.15) is 0 Å². The van der Waals surface area contributed by atoms with E-state index in [4.69, 9.17) is 21.1 Å². The second kappa shape index (κ2) is 6.38. The molecule has 4 heteroatoms. The molecule has 0 aromatic heterocycles. The normalized spacial score (nSPS) is 47.2. The summed E-state index contributed by atoms with van der Waals surface area (Å²) in [5, 5.41) is 0.846. The summed E-state index contributed by atoms with van der Waals surface area (Å²) < 4.78 is 11.6. The molecule has 0 N–H and O–H groups in total. The summed E-state index contributed by atoms with van der Waals surface area (Å²) in [6.07, 6.45) is 10.2. The van der Waals surface area contributed by atoms with Gasteiger partial charge in [0.1, 0.15) is 0 Å². The van der Waals surface area contributed by atoms with Gasteiger partial charge in [0, 0.05) is 12.0 Å². The molecule has 3 aliphatic carbocycles. The number of esters is 1. The highest BCUT2D eigenvalue weighted by molar-refractivity contribution is 6.32. The largest absolute Gasteiger partial charge is 0.435 e. The van der Waals surface area contributed by atoms with E-state index in [0.717, 1.165) is 22.9 Å². The molecule has 1 heterocycles. The number of rotatable bonds is 2. The van der Waals surface area contributed by atoms with Crippen LogP contribution >= 0.6 is 11.6 Å². The van der Waals surface area contributed by atoms with E-state index in [1.165, 1.54) is 32.6 Å². The number of ether oxygens (including phenoxy) is 2. The Kier molecular flexibility index (Phi) is 4.55. The fraction of sp³-hybridized carbons (Fsp3) is 0.773. The van der Waals surface area contributed by atoms with E-state index in [9.17, 15) is 4.79 Å². The molecule has 0 spiro atoms. The molecule has 4 aliphatic rings. The minimum atomic E-state index is -0.539. The van der Waals surface area contributed by atoms with Crippen LogP contribution in [0.25, 0.3) is 0 Å². The van der Waals surface area contributed by atoms with Crippen LogP contribution in [-0.2, 0) is 14.3 Å². The zero-order chi connectivity index (χ0) is 18.7. The average molecular weight is 379 g/mol. The molecule has 0 radical (unpaired) electrons. The Morgan fingerprint density at radius 2 is 2.08 bits per heavy atom. The van der Waals surface area contributed by atoms with E-state index >= 15 is 0 Å². The van der Waals surface area contributed by atoms with Gasteiger partial charge in [0.05, 0.1) is 12.0 Å². The van der Waals surface area contributed by atoms with Crippen LogP contribution in [0.5, 0.6) is 0 Å². The Morgan fingerprint density at radius 3 is 2.77 bits per heavy atom. The van der Waals surface area contributed by atoms with Gasteiger partial charge in [0.15, 0.2) is 0 Å². The standard InChI is InChI=1S/C22H31ClO3/c1-5-14-6-7-16-15-12-19(23)18-9-11-25-20(26-13(2)24)22(18,4)17(15)8-10-21(14,16)3/h9,12,14-17,20H,5-8,10-11H2,1-4H3/t14-,15-,16-,17-,20?,21+,22+/m0/s1. The van der Waals surface area contributed by atoms with Crippen LogP contribution in [0, 0.1) is 34.5 Å². The summed E-state index contributed by atoms with van der Waals surface area (Å²) in [7, 11) is 0. The molecule has 26 heavy (non-hydrogen) atoms. The monoisotopic (exact) mass is 378 g/mol. The third kappa shape index (κ3) is 2.46. The fourth-order valence-corrected chi connectivity index (χ4v) is 7.37. The molecule has 3 nitrogen and oxygen atoms in total. The quantitative estimate of drug-likeness (QED) is 0.600. The van der Waals surface area contributed by atoms with E-state index in [2.05, 4.69) is 32.9 Å². The predicted molar refractivity (Wildman–Crippen MR) is 102 cm³/mol. The maximum absolute atomic E-state index is 11.7. The van der Waals surface area contributed by atoms with Crippen molar-refractivity contribution in [3.8, 4) is 0 Å². The number of carbonyl (C=O) groups excluding carboxylic acids is 1. The summed E-state index contributed by atoms with van der Waals surface area (Å²) in [5.74, 6) is 2.05. The molecule has 1 aliphatic heterocycles. The van der Waals surface area contributed by atoms with E-state index in [1.54, 1.807) is 0 Å². The zero-order valence-corrected chi connectivity index (χ0v) is 17.1. The molecule has 144 valence electrons. The molecule has 0 amide bonds. The lowest BCUT2D eigenvalue weighted by atomic mass is 9.49. The highest BCUT2D eigenvalue weighted by Gasteiger charge is 2.61. The predicted octanol–water partition coefficient (Wildman–Crippen LogP) is 5.44. The van der Waals surface area contributed by atoms with E-state index in [-0.39, 0.29) is 11.4 Å². The Bertz CT molecular complexity index is 668. The van der Waals surface area contributed by atoms with Gasteiger partial charge in [-0.15, -0.1) is 0 Å². The second-order valence-electron chi connectivity index (χ2n) is 9.21. The maximum atomic E-state index is 11.7. The van der Waals surface area contributed by atoms with Crippen molar-refractivity contribution < 1.29 is 14.3 Å². The van der Waals surface area contributed by atoms with Crippen molar-refractivity contribution in [2.24, 2.45) is 34.5 Å². The van der Waals surface area contributed by atoms with Gasteiger partial charge in [-0.3, -0.25) is 4.79 Å². The van der Waals surface area contributed by atoms with Crippen molar-refractivity contribution in [2.45, 2.75) is 66.1 Å². The van der Waals surface area contributed by atoms with Crippen LogP contribution < -0.4 is 0 Å². The first-order valence-corrected chi connectivity index (χ1v) is 10.6. The minimum Gasteiger partial charge on any atom is -0.435 e. The number of hydrogen-bond acceptors (Lipinski definition) is 3. The van der Waals surface area contributed by atoms with Gasteiger partial charge in [-0.05, 0) is 67.3 Å². The molecular weight excluding hydrogens is 348 g/mol. The first-order chi connectivity index (χ1) is 12.3. The smallest absolute Gasteiger partial charge is 0.304 e. The molecule has 4 rings (SSSR count). The van der Waals surface area contributed by atoms with Crippen LogP contribution in [0.15, 0.2) is 22.8 Å². The summed E-state index contributed by atoms with van der Waals surface area (Å²) in [5.41, 5.74) is 1.17. The maximum Gasteiger partial charge on any atom is 0.304 e. The van der Waals surface area contributed by atoms with Crippen molar-refractivity contribution in [3.05, 3.63) is 22.8 Å². The van der Waals surface area contributed by atoms with Gasteiger partial charge in [0.25, 0.3) is 0 Å². The van der Waals surface area contributed by atoms with Crippen molar-refractivity contribution in [1.29, 1.82) is 0 Å². The van der Waals surface area contributed by atoms with Gasteiger partial charge >= 0.3 is 5.97 Å². The van der Waals surface area contributed by atoms with Gasteiger partial charge < -0.3 is 9.47 Å². The zero-order valence-electron chi connectivity index (χ0n) is 16.4. The first kappa shape index (κ1) is 18.6. The fourth-order valence-electron chi connectivity index (χ4n) is 6.94. The van der Waals surface area contributed by atoms with Crippen molar-refractivity contribution in [1.82, 2.24) is 0 Å². The summed E-state index contributed by atoms with van der Waals surface area (Å²) in [4.78, 5) is 11.7. The van der Waals surface area contributed by atoms with Crippen molar-refractivity contribution in [3.63, 3.8) is 0 Å². The summed E-state index contributed by atoms with van der Waals surface area (Å²) in [6.45, 7) is 8.95. The molecule has 0 aromatic rings. The van der Waals surface area contributed by atoms with Crippen LogP contribution in [0.4, 0.5) is 0 Å². The molecule has 2 fully saturated rings. The van der Waals surface area contributed by atoms with Crippen molar-refractivity contribution >= 4 is 17.6 Å². The number of fused-ring (bicyclic) bond motifs is 5. The van der Waals surface area contributed by atoms with Gasteiger partial charge in [0.2, 0.25) is 6.29 Å². The third-order valence-corrected chi connectivity index (χ3v) is 8.60. The lowest BCUT2D eigenvalue weighted by molar-refractivity contribution is -0.219. The van der Waals surface area contributed by atoms with E-state index in [0.29, 0.717) is 29.8 Å². The number of allylic oxidation sites excluding steroid dienone is 2. The minimum absolute atomic E-state index is 0.285. The van der Waals surface area contributed by atoms with Crippen LogP contribution in [0.2, 0.25) is 0 Å². The van der Waals surface area contributed by atoms with Gasteiger partial charge in [-0.1, -0.05) is 44.0 Å². The second-order valence-corrected chi connectivity index (χ2v) is 9.61. The Morgan fingerprint density at radius 1 is 1.31 bits per heavy atom. The first-order valence-electron chi connectivity index (χ1n) is 10.2. The van der Waals surface area contributed by atoms with Gasteiger partial charge in [-0.25, -0.2) is 0 Å². The van der Waals surface area contributed by atoms with Crippen LogP contribution in [0.3, 0.4) is 0 Å². The molecule has 0 aromatic carbocycles. The van der Waals surface area contributed by atoms with E-state index < -0.39 is 6.29 Å². The number of halogens is 1. The molecule has 1 unspecified atom stereocenters. The Hall–Kier alpha value is -0.800. The molecule has 7 atom stereocenters. The Labute approximate surface area is 162 Å². The molecule has 0 bridgehead atoms. The average Bonchev–Trinajstić information content (AvgIpc) is 2.92. The SMILES string of the molecule is CC[C@H]1CC[C@H]2[C@@H]3C=C(Cl)C4=CCOC(OC(C)=O)[C@]4(C)[C@H]3CC[C@]12C. The highest BCUT2D eigenvalue weighted by atomic mass is 35.5. The molecule has 2 saturated carbocycles. The number of carbonyl (C=O) groups is 1. The summed E-state index contributed by atoms with van der Waals surface area (Å²) >= 11 is 6.80. The van der Waals surface area contributed by atoms with Crippen molar-refractivity contribution in [2.75, 3.05) is 6.61 Å². The number of hydrogen-bond donors (Lipinski definition) is 0. The van der Waals surface area contributed by atoms with E-state index in [1.807, 2.05) is 0 Å². The molecular formula is C22H31ClO3. The lowest BCUT2D eigenvalue weighted by Gasteiger charge is -2.57. The Balaban J connectivity index is 1.76. The topological polar surface area (TPSA) is 35.5 Å².